The van der Waals surface area contributed by atoms with Crippen molar-refractivity contribution in [2.45, 2.75) is 6.42 Å². The molecule has 0 spiro atoms. The number of hydrogen-bond acceptors (Lipinski definition) is 4. The number of aliphatic imine (C=N–C) groups is 1. The summed E-state index contributed by atoms with van der Waals surface area (Å²) in [6.45, 7) is 3.19. The number of likely N-dealkylation sites (N-methyl/N-ethyl adjacent to an activating group) is 1. The predicted octanol–water partition coefficient (Wildman–Crippen LogP) is -1.01. The van der Waals surface area contributed by atoms with Crippen molar-refractivity contribution >= 4 is 5.96 Å². The van der Waals surface area contributed by atoms with Crippen molar-refractivity contribution in [3.63, 3.8) is 0 Å². The Bertz CT molecular complexity index is 172. The highest BCUT2D eigenvalue weighted by Crippen LogP contribution is 1.82. The molecule has 0 rings (SSSR count). The zero-order valence-electron chi connectivity index (χ0n) is 9.92. The van der Waals surface area contributed by atoms with Crippen molar-refractivity contribution in [3.05, 3.63) is 0 Å². The van der Waals surface area contributed by atoms with Gasteiger partial charge in [0, 0.05) is 33.4 Å². The lowest BCUT2D eigenvalue weighted by molar-refractivity contribution is 0.197. The van der Waals surface area contributed by atoms with Crippen LogP contribution >= 0.6 is 0 Å². The number of nitrogens with zero attached hydrogens (tertiary/aromatic N) is 2. The van der Waals surface area contributed by atoms with Crippen LogP contribution in [0.5, 0.6) is 0 Å². The summed E-state index contributed by atoms with van der Waals surface area (Å²) in [5, 5.41) is 3.11. The second-order valence-electron chi connectivity index (χ2n) is 3.45. The normalized spacial score (nSPS) is 11.9. The Morgan fingerprint density at radius 2 is 2.20 bits per heavy atom. The van der Waals surface area contributed by atoms with Gasteiger partial charge < -0.3 is 15.0 Å². The topological polar surface area (TPSA) is 74.9 Å². The van der Waals surface area contributed by atoms with E-state index in [2.05, 4.69) is 20.6 Å². The second-order valence-corrected chi connectivity index (χ2v) is 3.45. The summed E-state index contributed by atoms with van der Waals surface area (Å²) in [5.41, 5.74) is 2.53. The first kappa shape index (κ1) is 14.2. The number of ether oxygens (including phenoxy) is 1. The van der Waals surface area contributed by atoms with Crippen LogP contribution in [0, 0.1) is 0 Å². The average Bonchev–Trinajstić information content (AvgIpc) is 2.21. The molecule has 0 atom stereocenters. The molecule has 0 aliphatic carbocycles. The fourth-order valence-electron chi connectivity index (χ4n) is 0.950. The van der Waals surface area contributed by atoms with E-state index in [1.807, 2.05) is 14.1 Å². The Labute approximate surface area is 91.8 Å². The second kappa shape index (κ2) is 9.70. The molecule has 0 aromatic rings. The van der Waals surface area contributed by atoms with Gasteiger partial charge in [0.05, 0.1) is 0 Å². The lowest BCUT2D eigenvalue weighted by Crippen LogP contribution is -2.44. The first-order valence-electron chi connectivity index (χ1n) is 5.09. The van der Waals surface area contributed by atoms with Gasteiger partial charge in [0.1, 0.15) is 0 Å². The third-order valence-corrected chi connectivity index (χ3v) is 1.76. The van der Waals surface area contributed by atoms with E-state index >= 15 is 0 Å². The maximum Gasteiger partial charge on any atom is 0.205 e. The first-order valence-corrected chi connectivity index (χ1v) is 5.09. The molecule has 0 aromatic heterocycles. The van der Waals surface area contributed by atoms with Gasteiger partial charge in [-0.05, 0) is 20.5 Å². The maximum atomic E-state index is 5.32. The van der Waals surface area contributed by atoms with Gasteiger partial charge in [-0.2, -0.15) is 0 Å². The van der Waals surface area contributed by atoms with Crippen LogP contribution < -0.4 is 16.6 Å². The van der Waals surface area contributed by atoms with E-state index in [0.717, 1.165) is 26.1 Å². The fourth-order valence-corrected chi connectivity index (χ4v) is 0.950. The molecule has 90 valence electrons. The predicted molar refractivity (Wildman–Crippen MR) is 62.7 cm³/mol. The van der Waals surface area contributed by atoms with Crippen LogP contribution in [0.15, 0.2) is 4.99 Å². The molecule has 0 fully saturated rings. The number of nitrogens with two attached hydrogens (primary N) is 1. The van der Waals surface area contributed by atoms with E-state index in [0.29, 0.717) is 12.5 Å². The molecule has 0 aromatic carbocycles. The van der Waals surface area contributed by atoms with E-state index < -0.39 is 0 Å². The third-order valence-electron chi connectivity index (χ3n) is 1.76. The summed E-state index contributed by atoms with van der Waals surface area (Å²) in [4.78, 5) is 6.34. The first-order chi connectivity index (χ1) is 7.20. The lowest BCUT2D eigenvalue weighted by Gasteiger charge is -2.12. The summed E-state index contributed by atoms with van der Waals surface area (Å²) < 4.78 is 4.92. The van der Waals surface area contributed by atoms with Crippen molar-refractivity contribution < 1.29 is 4.74 Å². The Morgan fingerprint density at radius 3 is 2.73 bits per heavy atom. The fraction of sp³-hybridized carbons (Fsp3) is 0.889. The van der Waals surface area contributed by atoms with E-state index in [9.17, 15) is 0 Å². The van der Waals surface area contributed by atoms with Crippen LogP contribution in [0.1, 0.15) is 6.42 Å². The molecule has 0 aliphatic rings. The molecule has 0 heterocycles. The zero-order chi connectivity index (χ0) is 11.5. The molecule has 4 N–H and O–H groups in total. The molecule has 0 bridgehead atoms. The van der Waals surface area contributed by atoms with Crippen LogP contribution in [0.3, 0.4) is 0 Å². The van der Waals surface area contributed by atoms with Gasteiger partial charge in [-0.25, -0.2) is 5.84 Å². The van der Waals surface area contributed by atoms with Gasteiger partial charge >= 0.3 is 0 Å². The van der Waals surface area contributed by atoms with Crippen molar-refractivity contribution in [2.24, 2.45) is 10.8 Å². The number of nitrogens with one attached hydrogen (secondary N) is 2. The van der Waals surface area contributed by atoms with Gasteiger partial charge in [0.25, 0.3) is 0 Å². The van der Waals surface area contributed by atoms with Crippen LogP contribution in [0.25, 0.3) is 0 Å². The van der Waals surface area contributed by atoms with Crippen molar-refractivity contribution in [1.29, 1.82) is 0 Å². The van der Waals surface area contributed by atoms with Crippen LogP contribution in [-0.4, -0.2) is 58.3 Å². The smallest absolute Gasteiger partial charge is 0.205 e. The molecule has 0 radical (unpaired) electrons. The molecule has 0 unspecified atom stereocenters. The lowest BCUT2D eigenvalue weighted by atomic mass is 10.5. The number of methoxy groups -OCH3 is 1. The number of hydrazine groups is 1. The minimum absolute atomic E-state index is 0.632. The molecular formula is C9H23N5O. The van der Waals surface area contributed by atoms with Crippen molar-refractivity contribution in [1.82, 2.24) is 15.6 Å². The van der Waals surface area contributed by atoms with E-state index in [-0.39, 0.29) is 0 Å². The van der Waals surface area contributed by atoms with Gasteiger partial charge in [0.2, 0.25) is 5.96 Å². The summed E-state index contributed by atoms with van der Waals surface area (Å²) >= 11 is 0. The van der Waals surface area contributed by atoms with E-state index in [1.54, 1.807) is 7.11 Å². The molecule has 0 saturated carbocycles. The Hall–Kier alpha value is -0.850. The Balaban J connectivity index is 3.60. The number of rotatable bonds is 7. The molecule has 6 heteroatoms. The number of hydrogen-bond donors (Lipinski definition) is 3. The van der Waals surface area contributed by atoms with E-state index in [1.165, 1.54) is 0 Å². The average molecular weight is 217 g/mol. The largest absolute Gasteiger partial charge is 0.385 e. The Kier molecular flexibility index (Phi) is 9.15. The quantitative estimate of drug-likeness (QED) is 0.168. The van der Waals surface area contributed by atoms with Crippen LogP contribution in [0.2, 0.25) is 0 Å². The summed E-state index contributed by atoms with van der Waals surface area (Å²) in [6, 6.07) is 0. The summed E-state index contributed by atoms with van der Waals surface area (Å²) in [6.07, 6.45) is 0.900. The van der Waals surface area contributed by atoms with Crippen molar-refractivity contribution in [2.75, 3.05) is 47.4 Å². The number of guanidine groups is 1. The van der Waals surface area contributed by atoms with Gasteiger partial charge in [-0.15, -0.1) is 0 Å². The Morgan fingerprint density at radius 1 is 1.47 bits per heavy atom. The monoisotopic (exact) mass is 217 g/mol. The molecule has 6 nitrogen and oxygen atoms in total. The molecule has 0 aliphatic heterocycles. The zero-order valence-corrected chi connectivity index (χ0v) is 9.92. The standard InChI is InChI=1S/C9H23N5O/c1-14(2)7-6-12-9(13-10)11-5-4-8-15-3/h4-8,10H2,1-3H3,(H2,11,12,13). The molecule has 15 heavy (non-hydrogen) atoms. The van der Waals surface area contributed by atoms with Gasteiger partial charge in [-0.1, -0.05) is 0 Å². The molecule has 0 amide bonds. The molecule has 0 saturated heterocycles. The highest BCUT2D eigenvalue weighted by Gasteiger charge is 1.95. The summed E-state index contributed by atoms with van der Waals surface area (Å²) in [7, 11) is 5.72. The minimum atomic E-state index is 0.632. The van der Waals surface area contributed by atoms with Crippen molar-refractivity contribution in [3.8, 4) is 0 Å². The minimum Gasteiger partial charge on any atom is -0.385 e. The maximum absolute atomic E-state index is 5.32. The van der Waals surface area contributed by atoms with Crippen LogP contribution in [-0.2, 0) is 4.74 Å². The summed E-state index contributed by atoms with van der Waals surface area (Å²) in [5.74, 6) is 5.95. The van der Waals surface area contributed by atoms with E-state index in [4.69, 9.17) is 10.6 Å². The SMILES string of the molecule is COCCCN=C(NN)NCCN(C)C. The van der Waals surface area contributed by atoms with Gasteiger partial charge in [-0.3, -0.25) is 10.4 Å². The molecular weight excluding hydrogens is 194 g/mol. The highest BCUT2D eigenvalue weighted by molar-refractivity contribution is 5.79. The third kappa shape index (κ3) is 9.45. The highest BCUT2D eigenvalue weighted by atomic mass is 16.5. The van der Waals surface area contributed by atoms with Gasteiger partial charge in [0.15, 0.2) is 0 Å². The van der Waals surface area contributed by atoms with Crippen LogP contribution in [0.4, 0.5) is 0 Å².